The van der Waals surface area contributed by atoms with Gasteiger partial charge in [0.05, 0.1) is 5.56 Å². The van der Waals surface area contributed by atoms with Gasteiger partial charge in [0.2, 0.25) is 0 Å². The minimum atomic E-state index is -0.390. The van der Waals surface area contributed by atoms with E-state index in [1.807, 2.05) is 13.0 Å². The number of hydrogen-bond acceptors (Lipinski definition) is 4. The van der Waals surface area contributed by atoms with Crippen LogP contribution in [0, 0.1) is 13.8 Å². The van der Waals surface area contributed by atoms with Crippen LogP contribution in [-0.2, 0) is 6.42 Å². The lowest BCUT2D eigenvalue weighted by atomic mass is 9.86. The molecule has 38 heavy (non-hydrogen) atoms. The molecule has 0 radical (unpaired) electrons. The van der Waals surface area contributed by atoms with E-state index in [-0.39, 0.29) is 5.60 Å². The molecule has 1 atom stereocenters. The normalized spacial score (nSPS) is 17.4. The summed E-state index contributed by atoms with van der Waals surface area (Å²) in [6.45, 7) is 15.1. The zero-order valence-electron chi connectivity index (χ0n) is 24.4. The first kappa shape index (κ1) is 29.4. The standard InChI is InChI=1S/C34H45NO3/c1-24(2)12-8-13-25(3)14-9-15-26(4)16-10-19-34(7)20-18-29-22-31(27(5)28(6)32(29)38-34)37-33(36)30-17-11-21-35-23-30/h11-12,14,16-17,21-23H,8-10,13,15,18-20H2,1-7H3/b25-14+,26-16+/t34-/m1/s1. The Morgan fingerprint density at radius 2 is 1.71 bits per heavy atom. The summed E-state index contributed by atoms with van der Waals surface area (Å²) >= 11 is 0. The fraction of sp³-hybridized carbons (Fsp3) is 0.471. The molecule has 1 aromatic carbocycles. The van der Waals surface area contributed by atoms with Gasteiger partial charge < -0.3 is 9.47 Å². The molecule has 0 unspecified atom stereocenters. The largest absolute Gasteiger partial charge is 0.487 e. The van der Waals surface area contributed by atoms with Crippen LogP contribution in [0.3, 0.4) is 0 Å². The van der Waals surface area contributed by atoms with Crippen LogP contribution in [-0.4, -0.2) is 16.6 Å². The van der Waals surface area contributed by atoms with E-state index in [1.54, 1.807) is 18.3 Å². The Morgan fingerprint density at radius 3 is 2.37 bits per heavy atom. The molecule has 1 aliphatic heterocycles. The van der Waals surface area contributed by atoms with Gasteiger partial charge in [-0.15, -0.1) is 0 Å². The fourth-order valence-corrected chi connectivity index (χ4v) is 4.84. The number of hydrogen-bond donors (Lipinski definition) is 0. The number of carbonyl (C=O) groups is 1. The average molecular weight is 516 g/mol. The molecule has 0 saturated carbocycles. The highest BCUT2D eigenvalue weighted by atomic mass is 16.5. The first-order valence-corrected chi connectivity index (χ1v) is 14.0. The maximum absolute atomic E-state index is 12.6. The SMILES string of the molecule is CC(C)=CCC/C(C)=C/CC/C(C)=C/CC[C@]1(C)CCc2cc(OC(=O)c3cccnc3)c(C)c(C)c2O1. The Kier molecular flexibility index (Phi) is 10.5. The molecule has 3 rings (SSSR count). The lowest BCUT2D eigenvalue weighted by Gasteiger charge is -2.37. The first-order chi connectivity index (χ1) is 18.1. The van der Waals surface area contributed by atoms with Gasteiger partial charge in [0.15, 0.2) is 0 Å². The molecule has 4 heteroatoms. The lowest BCUT2D eigenvalue weighted by Crippen LogP contribution is -2.36. The number of ether oxygens (including phenoxy) is 2. The summed E-state index contributed by atoms with van der Waals surface area (Å²) in [4.78, 5) is 16.6. The van der Waals surface area contributed by atoms with Crippen LogP contribution in [0.5, 0.6) is 11.5 Å². The predicted octanol–water partition coefficient (Wildman–Crippen LogP) is 9.20. The number of aromatic nitrogens is 1. The minimum absolute atomic E-state index is 0.198. The van der Waals surface area contributed by atoms with Gasteiger partial charge in [-0.2, -0.15) is 0 Å². The maximum atomic E-state index is 12.6. The van der Waals surface area contributed by atoms with Crippen molar-refractivity contribution in [3.63, 3.8) is 0 Å². The molecular formula is C34H45NO3. The van der Waals surface area contributed by atoms with Crippen LogP contribution in [0.2, 0.25) is 0 Å². The van der Waals surface area contributed by atoms with Crippen LogP contribution >= 0.6 is 0 Å². The van der Waals surface area contributed by atoms with Gasteiger partial charge in [0.25, 0.3) is 0 Å². The highest BCUT2D eigenvalue weighted by Gasteiger charge is 2.33. The molecule has 1 aromatic heterocycles. The van der Waals surface area contributed by atoms with E-state index >= 15 is 0 Å². The summed E-state index contributed by atoms with van der Waals surface area (Å²) in [5, 5.41) is 0. The number of fused-ring (bicyclic) bond motifs is 1. The number of nitrogens with zero attached hydrogens (tertiary/aromatic N) is 1. The van der Waals surface area contributed by atoms with E-state index in [0.717, 1.165) is 73.8 Å². The van der Waals surface area contributed by atoms with Crippen molar-refractivity contribution >= 4 is 5.97 Å². The number of aryl methyl sites for hydroxylation is 1. The molecular weight excluding hydrogens is 470 g/mol. The second kappa shape index (κ2) is 13.6. The number of allylic oxidation sites excluding steroid dienone is 6. The van der Waals surface area contributed by atoms with Crippen LogP contribution in [0.25, 0.3) is 0 Å². The molecule has 0 spiro atoms. The Bertz CT molecular complexity index is 1200. The second-order valence-corrected chi connectivity index (χ2v) is 11.3. The number of carbonyl (C=O) groups excluding carboxylic acids is 1. The molecule has 0 aliphatic carbocycles. The van der Waals surface area contributed by atoms with E-state index in [2.05, 4.69) is 64.8 Å². The molecule has 0 fully saturated rings. The van der Waals surface area contributed by atoms with Crippen molar-refractivity contribution in [2.24, 2.45) is 0 Å². The molecule has 204 valence electrons. The van der Waals surface area contributed by atoms with Crippen LogP contribution < -0.4 is 9.47 Å². The van der Waals surface area contributed by atoms with Gasteiger partial charge in [-0.3, -0.25) is 4.98 Å². The van der Waals surface area contributed by atoms with Crippen molar-refractivity contribution in [2.45, 2.75) is 105 Å². The zero-order chi connectivity index (χ0) is 27.7. The molecule has 2 heterocycles. The van der Waals surface area contributed by atoms with Gasteiger partial charge in [-0.1, -0.05) is 34.9 Å². The van der Waals surface area contributed by atoms with Crippen LogP contribution in [0.15, 0.2) is 65.5 Å². The third kappa shape index (κ3) is 8.44. The van der Waals surface area contributed by atoms with Crippen molar-refractivity contribution in [2.75, 3.05) is 0 Å². The van der Waals surface area contributed by atoms with E-state index < -0.39 is 5.97 Å². The topological polar surface area (TPSA) is 48.4 Å². The Labute approximate surface area is 229 Å². The van der Waals surface area contributed by atoms with Crippen molar-refractivity contribution in [1.29, 1.82) is 0 Å². The summed E-state index contributed by atoms with van der Waals surface area (Å²) in [5.41, 5.74) is 7.66. The van der Waals surface area contributed by atoms with Crippen molar-refractivity contribution < 1.29 is 14.3 Å². The number of pyridine rings is 1. The Balaban J connectivity index is 1.55. The lowest BCUT2D eigenvalue weighted by molar-refractivity contribution is 0.0556. The molecule has 1 aliphatic rings. The van der Waals surface area contributed by atoms with Gasteiger partial charge >= 0.3 is 5.97 Å². The molecule has 4 nitrogen and oxygen atoms in total. The Morgan fingerprint density at radius 1 is 1.03 bits per heavy atom. The summed E-state index contributed by atoms with van der Waals surface area (Å²) in [6.07, 6.45) is 18.6. The average Bonchev–Trinajstić information content (AvgIpc) is 2.88. The van der Waals surface area contributed by atoms with Crippen LogP contribution in [0.1, 0.15) is 107 Å². The zero-order valence-corrected chi connectivity index (χ0v) is 24.4. The summed E-state index contributed by atoms with van der Waals surface area (Å²) < 4.78 is 12.4. The van der Waals surface area contributed by atoms with Crippen molar-refractivity contribution in [1.82, 2.24) is 4.98 Å². The van der Waals surface area contributed by atoms with E-state index in [0.29, 0.717) is 11.3 Å². The number of rotatable bonds is 11. The van der Waals surface area contributed by atoms with Gasteiger partial charge in [-0.25, -0.2) is 4.79 Å². The van der Waals surface area contributed by atoms with E-state index in [1.165, 1.54) is 22.9 Å². The Hall–Kier alpha value is -3.14. The van der Waals surface area contributed by atoms with Gasteiger partial charge in [-0.05, 0) is 135 Å². The van der Waals surface area contributed by atoms with E-state index in [4.69, 9.17) is 9.47 Å². The highest BCUT2D eigenvalue weighted by Crippen LogP contribution is 2.42. The summed E-state index contributed by atoms with van der Waals surface area (Å²) in [7, 11) is 0. The quantitative estimate of drug-likeness (QED) is 0.170. The number of esters is 1. The van der Waals surface area contributed by atoms with Crippen molar-refractivity contribution in [3.8, 4) is 11.5 Å². The predicted molar refractivity (Wildman–Crippen MR) is 157 cm³/mol. The summed E-state index contributed by atoms with van der Waals surface area (Å²) in [6, 6.07) is 5.43. The number of benzene rings is 1. The maximum Gasteiger partial charge on any atom is 0.345 e. The summed E-state index contributed by atoms with van der Waals surface area (Å²) in [5.74, 6) is 1.16. The minimum Gasteiger partial charge on any atom is -0.487 e. The molecule has 0 saturated heterocycles. The third-order valence-corrected chi connectivity index (χ3v) is 7.53. The monoisotopic (exact) mass is 515 g/mol. The molecule has 2 aromatic rings. The second-order valence-electron chi connectivity index (χ2n) is 11.3. The van der Waals surface area contributed by atoms with Gasteiger partial charge in [0.1, 0.15) is 17.1 Å². The smallest absolute Gasteiger partial charge is 0.345 e. The first-order valence-electron chi connectivity index (χ1n) is 14.0. The third-order valence-electron chi connectivity index (χ3n) is 7.53. The van der Waals surface area contributed by atoms with E-state index in [9.17, 15) is 4.79 Å². The van der Waals surface area contributed by atoms with Crippen molar-refractivity contribution in [3.05, 3.63) is 87.8 Å². The van der Waals surface area contributed by atoms with Crippen LogP contribution in [0.4, 0.5) is 0 Å². The highest BCUT2D eigenvalue weighted by molar-refractivity contribution is 5.90. The molecule has 0 amide bonds. The molecule has 0 bridgehead atoms. The fourth-order valence-electron chi connectivity index (χ4n) is 4.84. The molecule has 0 N–H and O–H groups in total. The van der Waals surface area contributed by atoms with Gasteiger partial charge in [0, 0.05) is 12.4 Å².